The van der Waals surface area contributed by atoms with E-state index in [4.69, 9.17) is 10.2 Å². The Bertz CT molecular complexity index is 497. The lowest BCUT2D eigenvalue weighted by atomic mass is 9.87. The summed E-state index contributed by atoms with van der Waals surface area (Å²) >= 11 is 0. The van der Waals surface area contributed by atoms with E-state index in [1.165, 1.54) is 0 Å². The Labute approximate surface area is 150 Å². The molecule has 0 heterocycles. The molecule has 3 N–H and O–H groups in total. The predicted molar refractivity (Wildman–Crippen MR) is 89.8 cm³/mol. The second-order valence-corrected chi connectivity index (χ2v) is 5.91. The van der Waals surface area contributed by atoms with Gasteiger partial charge in [0.15, 0.2) is 0 Å². The zero-order valence-corrected chi connectivity index (χ0v) is 14.8. The van der Waals surface area contributed by atoms with E-state index in [-0.39, 0.29) is 17.9 Å². The Balaban J connectivity index is 0.000000660. The maximum atomic E-state index is 11.8. The minimum absolute atomic E-state index is 0.0289. The van der Waals surface area contributed by atoms with E-state index in [0.717, 1.165) is 6.54 Å². The number of carboxylic acids is 2. The molecule has 1 saturated carbocycles. The van der Waals surface area contributed by atoms with Gasteiger partial charge >= 0.3 is 11.9 Å². The predicted octanol–water partition coefficient (Wildman–Crippen LogP) is 0.143. The third kappa shape index (κ3) is 12.7. The first-order valence-corrected chi connectivity index (χ1v) is 7.99. The van der Waals surface area contributed by atoms with Crippen molar-refractivity contribution in [2.75, 3.05) is 27.2 Å². The maximum absolute atomic E-state index is 11.8. The van der Waals surface area contributed by atoms with Crippen LogP contribution in [0.4, 0.5) is 0 Å². The van der Waals surface area contributed by atoms with Gasteiger partial charge in [-0.1, -0.05) is 0 Å². The van der Waals surface area contributed by atoms with Crippen LogP contribution in [0.1, 0.15) is 25.7 Å². The molecule has 1 fully saturated rings. The second-order valence-electron chi connectivity index (χ2n) is 5.91. The van der Waals surface area contributed by atoms with Crippen LogP contribution in [-0.4, -0.2) is 71.3 Å². The van der Waals surface area contributed by atoms with E-state index in [0.29, 0.717) is 44.4 Å². The largest absolute Gasteiger partial charge is 0.478 e. The van der Waals surface area contributed by atoms with Crippen molar-refractivity contribution in [3.05, 3.63) is 22.3 Å². The quantitative estimate of drug-likeness (QED) is 0.305. The molecule has 0 aromatic heterocycles. The van der Waals surface area contributed by atoms with Gasteiger partial charge in [-0.25, -0.2) is 9.59 Å². The fourth-order valence-electron chi connectivity index (χ4n) is 2.24. The monoisotopic (exact) mass is 375 g/mol. The van der Waals surface area contributed by atoms with Gasteiger partial charge in [0.2, 0.25) is 5.91 Å². The van der Waals surface area contributed by atoms with Gasteiger partial charge in [-0.05, 0) is 39.8 Å². The molecule has 1 aliphatic rings. The summed E-state index contributed by atoms with van der Waals surface area (Å²) in [6, 6.07) is 0. The van der Waals surface area contributed by atoms with Gasteiger partial charge in [-0.15, -0.1) is 10.1 Å². The summed E-state index contributed by atoms with van der Waals surface area (Å²) in [5.41, 5.74) is 0. The van der Waals surface area contributed by atoms with Crippen LogP contribution in [0.2, 0.25) is 0 Å². The highest BCUT2D eigenvalue weighted by molar-refractivity contribution is 5.89. The number of carbonyl (C=O) groups is 3. The van der Waals surface area contributed by atoms with Crippen LogP contribution in [0, 0.1) is 16.0 Å². The molecule has 0 unspecified atom stereocenters. The van der Waals surface area contributed by atoms with Crippen molar-refractivity contribution in [2.45, 2.75) is 31.8 Å². The molecule has 26 heavy (non-hydrogen) atoms. The Hall–Kier alpha value is -2.69. The van der Waals surface area contributed by atoms with Crippen molar-refractivity contribution in [3.63, 3.8) is 0 Å². The summed E-state index contributed by atoms with van der Waals surface area (Å²) in [5.74, 6) is -2.49. The Morgan fingerprint density at radius 2 is 1.65 bits per heavy atom. The zero-order chi connectivity index (χ0) is 20.1. The smallest absolute Gasteiger partial charge is 0.328 e. The average Bonchev–Trinajstić information content (AvgIpc) is 2.53. The van der Waals surface area contributed by atoms with Crippen molar-refractivity contribution in [1.82, 2.24) is 10.2 Å². The van der Waals surface area contributed by atoms with Crippen LogP contribution in [-0.2, 0) is 19.2 Å². The minimum atomic E-state index is -1.26. The van der Waals surface area contributed by atoms with Crippen molar-refractivity contribution in [3.8, 4) is 0 Å². The van der Waals surface area contributed by atoms with Crippen LogP contribution in [0.15, 0.2) is 12.2 Å². The highest BCUT2D eigenvalue weighted by atomic mass is 17.0. The van der Waals surface area contributed by atoms with Gasteiger partial charge in [0.1, 0.15) is 6.10 Å². The molecule has 0 atom stereocenters. The van der Waals surface area contributed by atoms with Gasteiger partial charge in [-0.3, -0.25) is 4.79 Å². The molecule has 11 nitrogen and oxygen atoms in total. The lowest BCUT2D eigenvalue weighted by Crippen LogP contribution is -2.38. The number of amides is 1. The molecule has 0 radical (unpaired) electrons. The Morgan fingerprint density at radius 3 is 2.04 bits per heavy atom. The van der Waals surface area contributed by atoms with Gasteiger partial charge in [-0.2, -0.15) is 0 Å². The first-order chi connectivity index (χ1) is 12.1. The summed E-state index contributed by atoms with van der Waals surface area (Å²) in [6.07, 6.45) is 3.24. The van der Waals surface area contributed by atoms with Crippen molar-refractivity contribution < 1.29 is 34.5 Å². The van der Waals surface area contributed by atoms with Crippen LogP contribution < -0.4 is 5.32 Å². The van der Waals surface area contributed by atoms with Gasteiger partial charge in [0.25, 0.3) is 5.09 Å². The molecule has 148 valence electrons. The first kappa shape index (κ1) is 23.3. The van der Waals surface area contributed by atoms with Crippen LogP contribution in [0.25, 0.3) is 0 Å². The molecule has 1 rings (SSSR count). The van der Waals surface area contributed by atoms with Crippen molar-refractivity contribution in [1.29, 1.82) is 0 Å². The second kappa shape index (κ2) is 12.6. The molecule has 0 aromatic carbocycles. The molecular weight excluding hydrogens is 350 g/mol. The number of aliphatic carboxylic acids is 2. The summed E-state index contributed by atoms with van der Waals surface area (Å²) in [6.45, 7) is 1.45. The summed E-state index contributed by atoms with van der Waals surface area (Å²) in [7, 11) is 3.90. The highest BCUT2D eigenvalue weighted by Gasteiger charge is 2.27. The number of hydrogen-bond acceptors (Lipinski definition) is 7. The number of likely N-dealkylation sites (N-methyl/N-ethyl adjacent to an activating group) is 1. The number of hydrogen-bond donors (Lipinski definition) is 3. The van der Waals surface area contributed by atoms with E-state index in [1.54, 1.807) is 0 Å². The zero-order valence-electron chi connectivity index (χ0n) is 14.8. The van der Waals surface area contributed by atoms with Crippen LogP contribution in [0.5, 0.6) is 0 Å². The van der Waals surface area contributed by atoms with Crippen molar-refractivity contribution in [2.24, 2.45) is 5.92 Å². The third-order valence-corrected chi connectivity index (χ3v) is 3.51. The molecule has 0 spiro atoms. The molecule has 0 bridgehead atoms. The number of nitrogens with one attached hydrogen (secondary N) is 1. The Morgan fingerprint density at radius 1 is 1.15 bits per heavy atom. The SMILES string of the molecule is CN(C)CCNC(=O)C1CCC(O[N+](=O)[O-])CC1.O=C(O)C=CC(=O)O. The lowest BCUT2D eigenvalue weighted by Gasteiger charge is -2.26. The van der Waals surface area contributed by atoms with E-state index in [2.05, 4.69) is 10.2 Å². The summed E-state index contributed by atoms with van der Waals surface area (Å²) in [5, 5.41) is 27.9. The molecule has 0 aromatic rings. The molecular formula is C15H25N3O8. The molecule has 11 heteroatoms. The molecule has 1 amide bonds. The fraction of sp³-hybridized carbons (Fsp3) is 0.667. The van der Waals surface area contributed by atoms with Gasteiger partial charge in [0, 0.05) is 31.2 Å². The molecule has 0 aliphatic heterocycles. The highest BCUT2D eigenvalue weighted by Crippen LogP contribution is 2.26. The van der Waals surface area contributed by atoms with E-state index >= 15 is 0 Å². The standard InChI is InChI=1S/C11H21N3O4.C4H4O4/c1-13(2)8-7-12-11(15)9-3-5-10(6-4-9)18-14(16)17;5-3(6)1-2-4(7)8/h9-10H,3-8H2,1-2H3,(H,12,15);1-2H,(H,5,6)(H,7,8). The van der Waals surface area contributed by atoms with Gasteiger partial charge < -0.3 is 25.3 Å². The molecule has 0 saturated heterocycles. The van der Waals surface area contributed by atoms with E-state index in [9.17, 15) is 24.5 Å². The Kier molecular flexibility index (Phi) is 11.3. The summed E-state index contributed by atoms with van der Waals surface area (Å²) < 4.78 is 0. The van der Waals surface area contributed by atoms with E-state index < -0.39 is 17.0 Å². The summed E-state index contributed by atoms with van der Waals surface area (Å²) in [4.78, 5) is 47.6. The number of nitrogens with zero attached hydrogens (tertiary/aromatic N) is 2. The normalized spacial score (nSPS) is 19.3. The first-order valence-electron chi connectivity index (χ1n) is 7.99. The lowest BCUT2D eigenvalue weighted by molar-refractivity contribution is -0.769. The minimum Gasteiger partial charge on any atom is -0.478 e. The van der Waals surface area contributed by atoms with Crippen LogP contribution >= 0.6 is 0 Å². The topological polar surface area (TPSA) is 159 Å². The molecule has 1 aliphatic carbocycles. The van der Waals surface area contributed by atoms with Gasteiger partial charge in [0.05, 0.1) is 0 Å². The third-order valence-electron chi connectivity index (χ3n) is 3.51. The number of carbonyl (C=O) groups excluding carboxylic acids is 1. The average molecular weight is 375 g/mol. The number of rotatable bonds is 8. The fourth-order valence-corrected chi connectivity index (χ4v) is 2.24. The maximum Gasteiger partial charge on any atom is 0.328 e. The van der Waals surface area contributed by atoms with Crippen LogP contribution in [0.3, 0.4) is 0 Å². The van der Waals surface area contributed by atoms with Crippen molar-refractivity contribution >= 4 is 17.8 Å². The van der Waals surface area contributed by atoms with E-state index in [1.807, 2.05) is 19.0 Å². The number of carboxylic acid groups (broad SMARTS) is 2.